The van der Waals surface area contributed by atoms with Crippen molar-refractivity contribution in [1.29, 1.82) is 0 Å². The molecule has 6 heteroatoms. The van der Waals surface area contributed by atoms with E-state index in [4.69, 9.17) is 17.3 Å². The van der Waals surface area contributed by atoms with Gasteiger partial charge in [0.2, 0.25) is 0 Å². The van der Waals surface area contributed by atoms with Gasteiger partial charge in [0.05, 0.1) is 9.90 Å². The minimum absolute atomic E-state index is 0.346. The van der Waals surface area contributed by atoms with Crippen molar-refractivity contribution in [2.24, 2.45) is 5.73 Å². The van der Waals surface area contributed by atoms with Crippen LogP contribution in [0.4, 0.5) is 0 Å². The maximum Gasteiger partial charge on any atom is 0.160 e. The molecule has 0 saturated carbocycles. The molecule has 0 atom stereocenters. The minimum atomic E-state index is -0.346. The summed E-state index contributed by atoms with van der Waals surface area (Å²) >= 11 is 7.66. The van der Waals surface area contributed by atoms with Gasteiger partial charge in [0.15, 0.2) is 11.5 Å². The Morgan fingerprint density at radius 3 is 2.90 bits per heavy atom. The zero-order chi connectivity index (χ0) is 14.3. The molecule has 20 heavy (non-hydrogen) atoms. The van der Waals surface area contributed by atoms with Gasteiger partial charge in [-0.25, -0.2) is 9.97 Å². The molecule has 0 unspecified atom stereocenters. The lowest BCUT2D eigenvalue weighted by molar-refractivity contribution is 0.441. The third-order valence-corrected chi connectivity index (χ3v) is 3.93. The van der Waals surface area contributed by atoms with Crippen molar-refractivity contribution in [3.8, 4) is 10.7 Å². The van der Waals surface area contributed by atoms with E-state index in [1.807, 2.05) is 37.4 Å². The Kier molecular flexibility index (Phi) is 3.28. The van der Waals surface area contributed by atoms with Crippen molar-refractivity contribution in [1.82, 2.24) is 14.5 Å². The fraction of sp³-hybridized carbons (Fsp3) is 0.286. The number of nitrogens with two attached hydrogens (primary N) is 1. The zero-order valence-electron chi connectivity index (χ0n) is 11.3. The number of thiophene rings is 1. The first-order chi connectivity index (χ1) is 9.44. The lowest BCUT2D eigenvalue weighted by Crippen LogP contribution is -2.37. The molecular weight excluding hydrogens is 292 g/mol. The van der Waals surface area contributed by atoms with Crippen LogP contribution in [0.1, 0.15) is 13.8 Å². The second kappa shape index (κ2) is 4.84. The summed E-state index contributed by atoms with van der Waals surface area (Å²) in [6, 6.07) is 5.90. The van der Waals surface area contributed by atoms with E-state index in [9.17, 15) is 0 Å². The Labute approximate surface area is 126 Å². The van der Waals surface area contributed by atoms with Gasteiger partial charge in [0.25, 0.3) is 0 Å². The van der Waals surface area contributed by atoms with E-state index in [0.717, 1.165) is 21.9 Å². The van der Waals surface area contributed by atoms with Crippen LogP contribution in [0.15, 0.2) is 29.8 Å². The molecule has 3 rings (SSSR count). The highest BCUT2D eigenvalue weighted by Crippen LogP contribution is 2.29. The van der Waals surface area contributed by atoms with Crippen LogP contribution in [-0.2, 0) is 6.54 Å². The second-order valence-electron chi connectivity index (χ2n) is 5.48. The fourth-order valence-electron chi connectivity index (χ4n) is 2.14. The summed E-state index contributed by atoms with van der Waals surface area (Å²) in [4.78, 5) is 10.2. The summed E-state index contributed by atoms with van der Waals surface area (Å²) in [5, 5.41) is 2.62. The largest absolute Gasteiger partial charge is 0.324 e. The Balaban J connectivity index is 2.24. The van der Waals surface area contributed by atoms with E-state index < -0.39 is 0 Å². The highest BCUT2D eigenvalue weighted by molar-refractivity contribution is 7.13. The third-order valence-electron chi connectivity index (χ3n) is 2.86. The first-order valence-electron chi connectivity index (χ1n) is 6.28. The van der Waals surface area contributed by atoms with E-state index in [2.05, 4.69) is 14.5 Å². The zero-order valence-corrected chi connectivity index (χ0v) is 12.9. The summed E-state index contributed by atoms with van der Waals surface area (Å²) in [7, 11) is 0. The van der Waals surface area contributed by atoms with Crippen LogP contribution in [0.3, 0.4) is 0 Å². The van der Waals surface area contributed by atoms with Gasteiger partial charge >= 0.3 is 0 Å². The Bertz CT molecular complexity index is 740. The summed E-state index contributed by atoms with van der Waals surface area (Å²) < 4.78 is 2.07. The molecular formula is C14H15ClN4S. The van der Waals surface area contributed by atoms with E-state index in [0.29, 0.717) is 11.6 Å². The van der Waals surface area contributed by atoms with Crippen molar-refractivity contribution >= 4 is 34.1 Å². The monoisotopic (exact) mass is 306 g/mol. The molecule has 0 aromatic carbocycles. The smallest absolute Gasteiger partial charge is 0.160 e. The molecule has 3 aromatic rings. The van der Waals surface area contributed by atoms with Crippen LogP contribution >= 0.6 is 22.9 Å². The van der Waals surface area contributed by atoms with Crippen LogP contribution in [0, 0.1) is 0 Å². The number of nitrogens with zero attached hydrogens (tertiary/aromatic N) is 3. The number of pyridine rings is 1. The quantitative estimate of drug-likeness (QED) is 0.805. The van der Waals surface area contributed by atoms with E-state index in [-0.39, 0.29) is 5.54 Å². The van der Waals surface area contributed by atoms with E-state index in [1.54, 1.807) is 17.5 Å². The van der Waals surface area contributed by atoms with Crippen LogP contribution < -0.4 is 5.73 Å². The summed E-state index contributed by atoms with van der Waals surface area (Å²) in [6.07, 6.45) is 1.64. The number of hydrogen-bond donors (Lipinski definition) is 1. The number of imidazole rings is 1. The van der Waals surface area contributed by atoms with Gasteiger partial charge in [-0.15, -0.1) is 11.3 Å². The molecule has 0 aliphatic rings. The second-order valence-corrected chi connectivity index (χ2v) is 6.87. The highest BCUT2D eigenvalue weighted by atomic mass is 35.5. The average molecular weight is 307 g/mol. The van der Waals surface area contributed by atoms with Gasteiger partial charge < -0.3 is 10.3 Å². The van der Waals surface area contributed by atoms with Gasteiger partial charge in [0.1, 0.15) is 5.52 Å². The maximum absolute atomic E-state index is 6.17. The van der Waals surface area contributed by atoms with Crippen molar-refractivity contribution in [3.63, 3.8) is 0 Å². The molecule has 0 fully saturated rings. The molecule has 3 heterocycles. The van der Waals surface area contributed by atoms with Gasteiger partial charge in [-0.3, -0.25) is 0 Å². The van der Waals surface area contributed by atoms with E-state index in [1.165, 1.54) is 0 Å². The predicted octanol–water partition coefficient (Wildman–Crippen LogP) is 3.55. The topological polar surface area (TPSA) is 56.7 Å². The maximum atomic E-state index is 6.17. The lowest BCUT2D eigenvalue weighted by Gasteiger charge is -2.20. The van der Waals surface area contributed by atoms with Crippen molar-refractivity contribution < 1.29 is 0 Å². The van der Waals surface area contributed by atoms with Crippen molar-refractivity contribution in [3.05, 3.63) is 34.8 Å². The summed E-state index contributed by atoms with van der Waals surface area (Å²) in [5.74, 6) is 0.892. The molecule has 0 amide bonds. The number of halogens is 1. The Morgan fingerprint density at radius 2 is 2.25 bits per heavy atom. The first-order valence-corrected chi connectivity index (χ1v) is 7.54. The first kappa shape index (κ1) is 13.5. The van der Waals surface area contributed by atoms with Crippen molar-refractivity contribution in [2.75, 3.05) is 0 Å². The standard InChI is InChI=1S/C14H15ClN4S/c1-14(2,16)8-19-12-10(6-9(15)7-17-12)18-13(19)11-4-3-5-20-11/h3-7H,8,16H2,1-2H3. The van der Waals surface area contributed by atoms with Gasteiger partial charge in [-0.2, -0.15) is 0 Å². The normalized spacial score (nSPS) is 12.2. The minimum Gasteiger partial charge on any atom is -0.324 e. The molecule has 3 aromatic heterocycles. The van der Waals surface area contributed by atoms with Crippen molar-refractivity contribution in [2.45, 2.75) is 25.9 Å². The summed E-state index contributed by atoms with van der Waals surface area (Å²) in [6.45, 7) is 4.63. The molecule has 0 aliphatic heterocycles. The van der Waals surface area contributed by atoms with Crippen LogP contribution in [0.2, 0.25) is 5.02 Å². The van der Waals surface area contributed by atoms with Gasteiger partial charge in [0, 0.05) is 18.3 Å². The molecule has 0 bridgehead atoms. The van der Waals surface area contributed by atoms with E-state index >= 15 is 0 Å². The predicted molar refractivity (Wildman–Crippen MR) is 84.1 cm³/mol. The number of hydrogen-bond acceptors (Lipinski definition) is 4. The van der Waals surface area contributed by atoms with Crippen LogP contribution in [0.5, 0.6) is 0 Å². The average Bonchev–Trinajstić information content (AvgIpc) is 2.95. The summed E-state index contributed by atoms with van der Waals surface area (Å²) in [5.41, 5.74) is 7.44. The Hall–Kier alpha value is -1.43. The molecule has 4 nitrogen and oxygen atoms in total. The molecule has 0 radical (unpaired) electrons. The van der Waals surface area contributed by atoms with Gasteiger partial charge in [-0.05, 0) is 31.4 Å². The molecule has 104 valence electrons. The SMILES string of the molecule is CC(C)(N)Cn1c(-c2cccs2)nc2cc(Cl)cnc21. The third kappa shape index (κ3) is 2.57. The molecule has 0 aliphatic carbocycles. The Morgan fingerprint density at radius 1 is 1.45 bits per heavy atom. The highest BCUT2D eigenvalue weighted by Gasteiger charge is 2.20. The number of rotatable bonds is 3. The van der Waals surface area contributed by atoms with Crippen LogP contribution in [0.25, 0.3) is 21.9 Å². The number of aromatic nitrogens is 3. The van der Waals surface area contributed by atoms with Crippen LogP contribution in [-0.4, -0.2) is 20.1 Å². The van der Waals surface area contributed by atoms with Gasteiger partial charge in [-0.1, -0.05) is 17.7 Å². The fourth-order valence-corrected chi connectivity index (χ4v) is 3.01. The number of fused-ring (bicyclic) bond motifs is 1. The molecule has 0 spiro atoms. The lowest BCUT2D eigenvalue weighted by atomic mass is 10.1. The molecule has 2 N–H and O–H groups in total. The molecule has 0 saturated heterocycles.